The summed E-state index contributed by atoms with van der Waals surface area (Å²) in [6, 6.07) is 10.9. The van der Waals surface area contributed by atoms with Gasteiger partial charge in [0.25, 0.3) is 0 Å². The molecule has 3 aromatic rings. The maximum atomic E-state index is 5.59. The highest BCUT2D eigenvalue weighted by Crippen LogP contribution is 2.37. The average molecular weight is 403 g/mol. The lowest BCUT2D eigenvalue weighted by Crippen LogP contribution is -2.34. The topological polar surface area (TPSA) is 51.1 Å². The van der Waals surface area contributed by atoms with Crippen LogP contribution in [0.5, 0.6) is 5.75 Å². The van der Waals surface area contributed by atoms with Crippen LogP contribution in [0.3, 0.4) is 0 Å². The highest BCUT2D eigenvalue weighted by molar-refractivity contribution is 5.68. The highest BCUT2D eigenvalue weighted by Gasteiger charge is 2.28. The molecule has 1 fully saturated rings. The van der Waals surface area contributed by atoms with Gasteiger partial charge in [-0.3, -0.25) is 9.88 Å². The molecule has 0 radical (unpaired) electrons. The van der Waals surface area contributed by atoms with Gasteiger partial charge in [-0.1, -0.05) is 18.6 Å². The lowest BCUT2D eigenvalue weighted by atomic mass is 9.92. The van der Waals surface area contributed by atoms with Crippen LogP contribution in [0.4, 0.5) is 0 Å². The van der Waals surface area contributed by atoms with Crippen molar-refractivity contribution in [2.75, 3.05) is 13.2 Å². The van der Waals surface area contributed by atoms with Gasteiger partial charge in [-0.05, 0) is 75.0 Å². The number of pyridine rings is 1. The molecule has 1 atom stereocenters. The maximum absolute atomic E-state index is 5.59. The van der Waals surface area contributed by atoms with E-state index in [4.69, 9.17) is 9.72 Å². The van der Waals surface area contributed by atoms with Gasteiger partial charge in [0.1, 0.15) is 11.6 Å². The second kappa shape index (κ2) is 9.35. The maximum Gasteiger partial charge on any atom is 0.125 e. The summed E-state index contributed by atoms with van der Waals surface area (Å²) in [6.07, 6.45) is 9.32. The Morgan fingerprint density at radius 1 is 1.03 bits per heavy atom. The number of benzene rings is 1. The number of rotatable bonds is 6. The molecule has 3 heterocycles. The van der Waals surface area contributed by atoms with Gasteiger partial charge in [-0.2, -0.15) is 0 Å². The van der Waals surface area contributed by atoms with Crippen LogP contribution in [0.25, 0.3) is 11.1 Å². The molecule has 30 heavy (non-hydrogen) atoms. The van der Waals surface area contributed by atoms with Gasteiger partial charge in [-0.15, -0.1) is 0 Å². The van der Waals surface area contributed by atoms with Gasteiger partial charge < -0.3 is 4.74 Å². The van der Waals surface area contributed by atoms with Gasteiger partial charge in [0.2, 0.25) is 0 Å². The first-order valence-electron chi connectivity index (χ1n) is 10.9. The Kier molecular flexibility index (Phi) is 6.38. The first-order chi connectivity index (χ1) is 14.7. The number of aromatic nitrogens is 3. The zero-order chi connectivity index (χ0) is 20.9. The Balaban J connectivity index is 1.66. The van der Waals surface area contributed by atoms with Crippen molar-refractivity contribution < 1.29 is 4.74 Å². The molecule has 0 spiro atoms. The number of ether oxygens (including phenoxy) is 1. The summed E-state index contributed by atoms with van der Waals surface area (Å²) in [4.78, 5) is 16.3. The molecule has 4 rings (SSSR count). The Bertz CT molecular complexity index is 987. The lowest BCUT2D eigenvalue weighted by molar-refractivity contribution is 0.137. The summed E-state index contributed by atoms with van der Waals surface area (Å²) in [6.45, 7) is 8.78. The second-order valence-electron chi connectivity index (χ2n) is 7.97. The van der Waals surface area contributed by atoms with Crippen LogP contribution in [0.2, 0.25) is 0 Å². The summed E-state index contributed by atoms with van der Waals surface area (Å²) >= 11 is 0. The molecule has 1 aromatic carbocycles. The molecular weight excluding hydrogens is 372 g/mol. The fraction of sp³-hybridized carbons (Fsp3) is 0.400. The molecule has 1 aliphatic rings. The Hall–Kier alpha value is -2.79. The van der Waals surface area contributed by atoms with E-state index in [-0.39, 0.29) is 6.04 Å². The molecule has 0 saturated carbocycles. The number of piperidine rings is 1. The molecule has 156 valence electrons. The summed E-state index contributed by atoms with van der Waals surface area (Å²) in [5, 5.41) is 0. The fourth-order valence-electron chi connectivity index (χ4n) is 4.31. The smallest absolute Gasteiger partial charge is 0.125 e. The number of aryl methyl sites for hydroxylation is 2. The summed E-state index contributed by atoms with van der Waals surface area (Å²) in [7, 11) is 0. The molecule has 0 amide bonds. The SMILES string of the molecule is CCOc1ccc(CN2CCCC[C@@H]2c2nc(C)ncc2-c2ccncc2C)cc1. The summed E-state index contributed by atoms with van der Waals surface area (Å²) in [5.74, 6) is 1.75. The van der Waals surface area contributed by atoms with Gasteiger partial charge in [-0.25, -0.2) is 9.97 Å². The van der Waals surface area contributed by atoms with Crippen LogP contribution < -0.4 is 4.74 Å². The largest absolute Gasteiger partial charge is 0.494 e. The summed E-state index contributed by atoms with van der Waals surface area (Å²) < 4.78 is 5.59. The Morgan fingerprint density at radius 2 is 1.87 bits per heavy atom. The van der Waals surface area contributed by atoms with Gasteiger partial charge in [0, 0.05) is 30.7 Å². The van der Waals surface area contributed by atoms with E-state index in [0.29, 0.717) is 6.61 Å². The van der Waals surface area contributed by atoms with Crippen LogP contribution in [0, 0.1) is 13.8 Å². The predicted octanol–water partition coefficient (Wildman–Crippen LogP) is 5.28. The molecule has 0 bridgehead atoms. The lowest BCUT2D eigenvalue weighted by Gasteiger charge is -2.36. The quantitative estimate of drug-likeness (QED) is 0.561. The van der Waals surface area contributed by atoms with Crippen LogP contribution >= 0.6 is 0 Å². The zero-order valence-electron chi connectivity index (χ0n) is 18.1. The minimum atomic E-state index is 0.287. The van der Waals surface area contributed by atoms with Gasteiger partial charge >= 0.3 is 0 Å². The molecule has 0 N–H and O–H groups in total. The van der Waals surface area contributed by atoms with E-state index in [1.165, 1.54) is 24.0 Å². The average Bonchev–Trinajstić information content (AvgIpc) is 2.76. The minimum Gasteiger partial charge on any atom is -0.494 e. The van der Waals surface area contributed by atoms with Gasteiger partial charge in [0.15, 0.2) is 0 Å². The van der Waals surface area contributed by atoms with Crippen molar-refractivity contribution in [1.29, 1.82) is 0 Å². The van der Waals surface area contributed by atoms with Crippen molar-refractivity contribution in [3.05, 3.63) is 71.6 Å². The van der Waals surface area contributed by atoms with Crippen molar-refractivity contribution in [2.45, 2.75) is 52.6 Å². The van der Waals surface area contributed by atoms with Crippen LogP contribution in [0.1, 0.15) is 54.9 Å². The van der Waals surface area contributed by atoms with E-state index >= 15 is 0 Å². The zero-order valence-corrected chi connectivity index (χ0v) is 18.1. The van der Waals surface area contributed by atoms with Crippen molar-refractivity contribution in [3.8, 4) is 16.9 Å². The summed E-state index contributed by atoms with van der Waals surface area (Å²) in [5.41, 5.74) is 5.90. The van der Waals surface area contributed by atoms with Crippen LogP contribution in [-0.4, -0.2) is 33.0 Å². The Morgan fingerprint density at radius 3 is 2.63 bits per heavy atom. The van der Waals surface area contributed by atoms with E-state index in [2.05, 4.69) is 52.1 Å². The van der Waals surface area contributed by atoms with Crippen molar-refractivity contribution in [3.63, 3.8) is 0 Å². The molecule has 2 aromatic heterocycles. The predicted molar refractivity (Wildman–Crippen MR) is 119 cm³/mol. The van der Waals surface area contributed by atoms with Crippen LogP contribution in [-0.2, 0) is 6.54 Å². The number of hydrogen-bond donors (Lipinski definition) is 0. The molecular formula is C25H30N4O. The highest BCUT2D eigenvalue weighted by atomic mass is 16.5. The number of hydrogen-bond acceptors (Lipinski definition) is 5. The number of likely N-dealkylation sites (tertiary alicyclic amines) is 1. The van der Waals surface area contributed by atoms with Crippen molar-refractivity contribution in [2.24, 2.45) is 0 Å². The molecule has 0 unspecified atom stereocenters. The van der Waals surface area contributed by atoms with E-state index < -0.39 is 0 Å². The van der Waals surface area contributed by atoms with Crippen molar-refractivity contribution in [1.82, 2.24) is 19.9 Å². The van der Waals surface area contributed by atoms with Crippen LogP contribution in [0.15, 0.2) is 48.9 Å². The molecule has 1 saturated heterocycles. The van der Waals surface area contributed by atoms with E-state index in [1.807, 2.05) is 32.4 Å². The standard InChI is InChI=1S/C25H30N4O/c1-4-30-21-10-8-20(9-11-21)17-29-14-6-5-7-24(29)25-23(16-27-19(3)28-25)22-12-13-26-15-18(22)2/h8-13,15-16,24H,4-7,14,17H2,1-3H3/t24-/m1/s1. The minimum absolute atomic E-state index is 0.287. The first kappa shape index (κ1) is 20.5. The van der Waals surface area contributed by atoms with Gasteiger partial charge in [0.05, 0.1) is 18.3 Å². The first-order valence-corrected chi connectivity index (χ1v) is 10.9. The normalized spacial score (nSPS) is 17.1. The van der Waals surface area contributed by atoms with Crippen molar-refractivity contribution >= 4 is 0 Å². The Labute approximate surface area is 179 Å². The fourth-order valence-corrected chi connectivity index (χ4v) is 4.31. The molecule has 5 heteroatoms. The molecule has 1 aliphatic heterocycles. The van der Waals surface area contributed by atoms with E-state index in [9.17, 15) is 0 Å². The number of nitrogens with zero attached hydrogens (tertiary/aromatic N) is 4. The third kappa shape index (κ3) is 4.51. The third-order valence-corrected chi connectivity index (χ3v) is 5.80. The molecule has 5 nitrogen and oxygen atoms in total. The van der Waals surface area contributed by atoms with E-state index in [0.717, 1.165) is 47.9 Å². The second-order valence-corrected chi connectivity index (χ2v) is 7.97. The van der Waals surface area contributed by atoms with E-state index in [1.54, 1.807) is 0 Å². The molecule has 0 aliphatic carbocycles. The third-order valence-electron chi connectivity index (χ3n) is 5.80. The monoisotopic (exact) mass is 402 g/mol.